The zero-order valence-corrected chi connectivity index (χ0v) is 10.7. The van der Waals surface area contributed by atoms with Crippen molar-refractivity contribution in [3.8, 4) is 0 Å². The Hall–Kier alpha value is 0.0400. The second-order valence-electron chi connectivity index (χ2n) is 2.75. The maximum absolute atomic E-state index is 13.2. The summed E-state index contributed by atoms with van der Waals surface area (Å²) >= 11 is 15.8. The van der Waals surface area contributed by atoms with Crippen LogP contribution in [0.15, 0.2) is 4.74 Å². The summed E-state index contributed by atoms with van der Waals surface area (Å²) in [5, 5.41) is -3.52. The van der Waals surface area contributed by atoms with Crippen molar-refractivity contribution < 1.29 is 17.6 Å². The summed E-state index contributed by atoms with van der Waals surface area (Å²) in [4.78, 5) is 0. The molecular weight excluding hydrogens is 311 g/mol. The van der Waals surface area contributed by atoms with Gasteiger partial charge < -0.3 is 0 Å². The van der Waals surface area contributed by atoms with Crippen molar-refractivity contribution in [3.63, 3.8) is 0 Å². The number of rotatable bonds is 1. The van der Waals surface area contributed by atoms with Crippen molar-refractivity contribution in [1.82, 2.24) is 0 Å². The van der Waals surface area contributed by atoms with Gasteiger partial charge in [0.05, 0.1) is 0 Å². The molecule has 0 unspecified atom stereocenters. The van der Waals surface area contributed by atoms with E-state index in [1.165, 1.54) is 0 Å². The summed E-state index contributed by atoms with van der Waals surface area (Å²) in [6, 6.07) is 0. The monoisotopic (exact) mass is 313 g/mol. The molecule has 0 aliphatic rings. The van der Waals surface area contributed by atoms with Gasteiger partial charge in [0.2, 0.25) is 5.11 Å². The van der Waals surface area contributed by atoms with Crippen LogP contribution >= 0.6 is 38.8 Å². The van der Waals surface area contributed by atoms with E-state index in [0.29, 0.717) is 0 Å². The first-order valence-electron chi connectivity index (χ1n) is 3.69. The normalized spacial score (nSPS) is 11.8. The fourth-order valence-electron chi connectivity index (χ4n) is 0.931. The molecule has 0 aromatic heterocycles. The van der Waals surface area contributed by atoms with Crippen molar-refractivity contribution in [2.75, 3.05) is 0 Å². The molecule has 0 spiro atoms. The highest BCUT2D eigenvalue weighted by Gasteiger charge is 2.24. The molecule has 1 rings (SSSR count). The third kappa shape index (κ3) is 2.83. The molecule has 0 amide bonds. The van der Waals surface area contributed by atoms with E-state index in [-0.39, 0.29) is 0 Å². The van der Waals surface area contributed by atoms with E-state index in [0.717, 1.165) is 6.92 Å². The van der Waals surface area contributed by atoms with Crippen LogP contribution in [0.2, 0.25) is 0 Å². The van der Waals surface area contributed by atoms with Crippen LogP contribution in [0.3, 0.4) is 0 Å². The molecule has 90 valence electrons. The molecule has 1 nitrogen and oxygen atoms in total. The maximum atomic E-state index is 13.2. The lowest BCUT2D eigenvalue weighted by atomic mass is 10.2. The van der Waals surface area contributed by atoms with Gasteiger partial charge in [-0.3, -0.25) is 0 Å². The molecule has 0 bridgehead atoms. The zero-order chi connectivity index (χ0) is 12.7. The predicted octanol–water partition coefficient (Wildman–Crippen LogP) is 5.85. The van der Waals surface area contributed by atoms with Gasteiger partial charge >= 0.3 is 0 Å². The number of nitrogens with zero attached hydrogens (tertiary/aromatic N) is 1. The minimum atomic E-state index is -3.52. The minimum absolute atomic E-state index is 0.795. The van der Waals surface area contributed by atoms with Crippen LogP contribution in [0.4, 0.5) is 23.2 Å². The first kappa shape index (κ1) is 14.1. The quantitative estimate of drug-likeness (QED) is 0.350. The fraction of sp³-hybridized carbons (Fsp3) is 0.143. The van der Waals surface area contributed by atoms with Crippen molar-refractivity contribution in [1.29, 1.82) is 0 Å². The SMILES string of the molecule is Cc1c(F)c(F)c(N=P(Cl)(Cl)Cl)c(F)c1F. The number of halogens is 7. The van der Waals surface area contributed by atoms with E-state index in [1.807, 2.05) is 0 Å². The Balaban J connectivity index is 3.66. The average molecular weight is 314 g/mol. The van der Waals surface area contributed by atoms with Gasteiger partial charge in [-0.1, -0.05) is 0 Å². The van der Waals surface area contributed by atoms with Gasteiger partial charge in [-0.25, -0.2) is 22.3 Å². The van der Waals surface area contributed by atoms with Gasteiger partial charge in [0.1, 0.15) is 5.69 Å². The van der Waals surface area contributed by atoms with Crippen molar-refractivity contribution in [2.45, 2.75) is 6.92 Å². The summed E-state index contributed by atoms with van der Waals surface area (Å²) in [5.74, 6) is -6.47. The summed E-state index contributed by atoms with van der Waals surface area (Å²) in [6.45, 7) is 0.880. The molecule has 0 saturated carbocycles. The molecule has 1 aromatic carbocycles. The van der Waals surface area contributed by atoms with Crippen LogP contribution in [0.5, 0.6) is 0 Å². The number of benzene rings is 1. The number of hydrogen-bond donors (Lipinski definition) is 0. The summed E-state index contributed by atoms with van der Waals surface area (Å²) in [6.07, 6.45) is 0. The Bertz CT molecular complexity index is 462. The van der Waals surface area contributed by atoms with Gasteiger partial charge in [-0.15, -0.1) is 0 Å². The van der Waals surface area contributed by atoms with Gasteiger partial charge in [0.25, 0.3) is 0 Å². The van der Waals surface area contributed by atoms with Gasteiger partial charge in [0.15, 0.2) is 23.3 Å². The van der Waals surface area contributed by atoms with E-state index < -0.39 is 39.6 Å². The highest BCUT2D eigenvalue weighted by atomic mass is 36.0. The molecular formula is C7H3Cl3F4NP. The van der Waals surface area contributed by atoms with E-state index in [4.69, 9.17) is 33.7 Å². The van der Waals surface area contributed by atoms with Crippen LogP contribution in [0.1, 0.15) is 5.56 Å². The highest BCUT2D eigenvalue weighted by Crippen LogP contribution is 2.67. The summed E-state index contributed by atoms with van der Waals surface area (Å²) in [5.41, 5.74) is -2.04. The largest absolute Gasteiger partial charge is 0.229 e. The molecule has 0 heterocycles. The molecule has 0 aliphatic heterocycles. The van der Waals surface area contributed by atoms with Crippen LogP contribution in [-0.2, 0) is 0 Å². The maximum Gasteiger partial charge on any atom is 0.229 e. The molecule has 0 saturated heterocycles. The van der Waals surface area contributed by atoms with E-state index in [1.54, 1.807) is 0 Å². The molecule has 0 radical (unpaired) electrons. The van der Waals surface area contributed by atoms with Crippen LogP contribution in [0.25, 0.3) is 0 Å². The Morgan fingerprint density at radius 2 is 1.25 bits per heavy atom. The summed E-state index contributed by atoms with van der Waals surface area (Å²) < 4.78 is 55.5. The fourth-order valence-corrected chi connectivity index (χ4v) is 2.01. The van der Waals surface area contributed by atoms with Crippen molar-refractivity contribution >= 4 is 44.5 Å². The van der Waals surface area contributed by atoms with Crippen LogP contribution in [0, 0.1) is 30.2 Å². The third-order valence-corrected chi connectivity index (χ3v) is 2.78. The Kier molecular flexibility index (Phi) is 4.17. The lowest BCUT2D eigenvalue weighted by Gasteiger charge is -2.07. The third-order valence-electron chi connectivity index (χ3n) is 1.67. The standard InChI is InChI=1S/C7H3Cl3F4NP/c1-2-3(11)5(13)7(6(14)4(2)12)15-16(8,9)10/h1H3. The minimum Gasteiger partial charge on any atom is -0.217 e. The number of hydrogen-bond acceptors (Lipinski definition) is 1. The Labute approximate surface area is 103 Å². The first-order valence-corrected chi connectivity index (χ1v) is 8.14. The first-order chi connectivity index (χ1) is 7.15. The van der Waals surface area contributed by atoms with Gasteiger partial charge in [0, 0.05) is 5.56 Å². The van der Waals surface area contributed by atoms with E-state index in [2.05, 4.69) is 4.74 Å². The highest BCUT2D eigenvalue weighted by molar-refractivity contribution is 8.26. The average Bonchev–Trinajstić information content (AvgIpc) is 2.17. The second kappa shape index (κ2) is 4.73. The van der Waals surface area contributed by atoms with Crippen LogP contribution < -0.4 is 0 Å². The smallest absolute Gasteiger partial charge is 0.217 e. The van der Waals surface area contributed by atoms with Gasteiger partial charge in [-0.05, 0) is 40.6 Å². The molecule has 0 atom stereocenters. The van der Waals surface area contributed by atoms with E-state index in [9.17, 15) is 17.6 Å². The Morgan fingerprint density at radius 3 is 1.56 bits per heavy atom. The van der Waals surface area contributed by atoms with Gasteiger partial charge in [-0.2, -0.15) is 0 Å². The lowest BCUT2D eigenvalue weighted by molar-refractivity contribution is 0.449. The topological polar surface area (TPSA) is 12.4 Å². The van der Waals surface area contributed by atoms with Crippen LogP contribution in [-0.4, -0.2) is 0 Å². The molecule has 0 N–H and O–H groups in total. The van der Waals surface area contributed by atoms with Crippen molar-refractivity contribution in [3.05, 3.63) is 28.8 Å². The molecule has 9 heteroatoms. The molecule has 0 fully saturated rings. The second-order valence-corrected chi connectivity index (χ2v) is 9.75. The van der Waals surface area contributed by atoms with Crippen molar-refractivity contribution in [2.24, 2.45) is 4.74 Å². The molecule has 16 heavy (non-hydrogen) atoms. The summed E-state index contributed by atoms with van der Waals surface area (Å²) in [7, 11) is 0. The molecule has 0 aliphatic carbocycles. The Morgan fingerprint density at radius 1 is 0.875 bits per heavy atom. The van der Waals surface area contributed by atoms with E-state index >= 15 is 0 Å². The predicted molar refractivity (Wildman–Crippen MR) is 57.6 cm³/mol. The lowest BCUT2D eigenvalue weighted by Crippen LogP contribution is -1.99. The molecule has 1 aromatic rings. The zero-order valence-electron chi connectivity index (χ0n) is 7.54.